The number of benzene rings is 1. The maximum absolute atomic E-state index is 12.6. The van der Waals surface area contributed by atoms with Gasteiger partial charge in [0.05, 0.1) is 17.1 Å². The lowest BCUT2D eigenvalue weighted by molar-refractivity contribution is 0.0747. The van der Waals surface area contributed by atoms with Crippen molar-refractivity contribution in [1.82, 2.24) is 9.88 Å². The lowest BCUT2D eigenvalue weighted by Gasteiger charge is -2.23. The minimum atomic E-state index is -3.03. The molecular weight excluding hydrogens is 362 g/mol. The van der Waals surface area contributed by atoms with E-state index in [4.69, 9.17) is 0 Å². The molecule has 1 unspecified atom stereocenters. The Morgan fingerprint density at radius 1 is 1.19 bits per heavy atom. The van der Waals surface area contributed by atoms with Crippen LogP contribution in [0.3, 0.4) is 0 Å². The summed E-state index contributed by atoms with van der Waals surface area (Å²) in [5.41, 5.74) is 2.65. The van der Waals surface area contributed by atoms with Crippen molar-refractivity contribution in [3.63, 3.8) is 0 Å². The Hall–Kier alpha value is -2.41. The molecule has 1 saturated heterocycles. The number of sulfone groups is 1. The Kier molecular flexibility index (Phi) is 5.51. The standard InChI is InChI=1S/C20H25N3O3S/c1-14(2)15-4-7-17(8-5-15)22-19-9-6-16(12-21-19)20(24)23(3)18-10-11-27(25,26)13-18/h4-9,12,14,18H,10-11,13H2,1-3H3,(H,21,22). The van der Waals surface area contributed by atoms with Gasteiger partial charge < -0.3 is 10.2 Å². The Labute approximate surface area is 160 Å². The summed E-state index contributed by atoms with van der Waals surface area (Å²) in [5.74, 6) is 1.10. The second-order valence-electron chi connectivity index (χ2n) is 7.31. The molecule has 7 heteroatoms. The number of carbonyl (C=O) groups is 1. The fraction of sp³-hybridized carbons (Fsp3) is 0.400. The number of hydrogen-bond donors (Lipinski definition) is 1. The third-order valence-corrected chi connectivity index (χ3v) is 6.69. The maximum atomic E-state index is 12.6. The van der Waals surface area contributed by atoms with Gasteiger partial charge >= 0.3 is 0 Å². The second-order valence-corrected chi connectivity index (χ2v) is 9.54. The van der Waals surface area contributed by atoms with E-state index >= 15 is 0 Å². The monoisotopic (exact) mass is 387 g/mol. The summed E-state index contributed by atoms with van der Waals surface area (Å²) in [4.78, 5) is 18.4. The minimum Gasteiger partial charge on any atom is -0.340 e. The summed E-state index contributed by atoms with van der Waals surface area (Å²) < 4.78 is 23.2. The van der Waals surface area contributed by atoms with Crippen LogP contribution in [0.25, 0.3) is 0 Å². The molecule has 0 saturated carbocycles. The van der Waals surface area contributed by atoms with Gasteiger partial charge in [-0.25, -0.2) is 13.4 Å². The lowest BCUT2D eigenvalue weighted by Crippen LogP contribution is -2.37. The fourth-order valence-corrected chi connectivity index (χ4v) is 4.92. The molecule has 1 N–H and O–H groups in total. The quantitative estimate of drug-likeness (QED) is 0.852. The molecular formula is C20H25N3O3S. The summed E-state index contributed by atoms with van der Waals surface area (Å²) >= 11 is 0. The predicted octanol–water partition coefficient (Wildman–Crippen LogP) is 3.21. The molecule has 1 amide bonds. The summed E-state index contributed by atoms with van der Waals surface area (Å²) in [5, 5.41) is 3.22. The topological polar surface area (TPSA) is 79.4 Å². The van der Waals surface area contributed by atoms with E-state index in [9.17, 15) is 13.2 Å². The number of pyridine rings is 1. The van der Waals surface area contributed by atoms with E-state index in [1.165, 1.54) is 16.7 Å². The van der Waals surface area contributed by atoms with Gasteiger partial charge in [0, 0.05) is 25.0 Å². The number of carbonyl (C=O) groups excluding carboxylic acids is 1. The molecule has 1 fully saturated rings. The first-order chi connectivity index (χ1) is 12.7. The third kappa shape index (κ3) is 4.66. The number of nitrogens with one attached hydrogen (secondary N) is 1. The minimum absolute atomic E-state index is 0.0364. The summed E-state index contributed by atoms with van der Waals surface area (Å²) in [7, 11) is -1.38. The van der Waals surface area contributed by atoms with E-state index in [1.54, 1.807) is 19.2 Å². The van der Waals surface area contributed by atoms with E-state index in [1.807, 2.05) is 12.1 Å². The van der Waals surface area contributed by atoms with Crippen molar-refractivity contribution in [2.75, 3.05) is 23.9 Å². The van der Waals surface area contributed by atoms with Gasteiger partial charge in [0.15, 0.2) is 9.84 Å². The van der Waals surface area contributed by atoms with Crippen LogP contribution in [0.4, 0.5) is 11.5 Å². The number of anilines is 2. The van der Waals surface area contributed by atoms with E-state index in [0.717, 1.165) is 5.69 Å². The largest absolute Gasteiger partial charge is 0.340 e. The van der Waals surface area contributed by atoms with E-state index in [2.05, 4.69) is 36.3 Å². The smallest absolute Gasteiger partial charge is 0.255 e. The number of rotatable bonds is 5. The van der Waals surface area contributed by atoms with Crippen LogP contribution in [-0.2, 0) is 9.84 Å². The Bertz CT molecular complexity index is 906. The van der Waals surface area contributed by atoms with E-state index < -0.39 is 9.84 Å². The van der Waals surface area contributed by atoms with Crippen molar-refractivity contribution in [1.29, 1.82) is 0 Å². The van der Waals surface area contributed by atoms with Gasteiger partial charge in [0.25, 0.3) is 5.91 Å². The predicted molar refractivity (Wildman–Crippen MR) is 107 cm³/mol. The molecule has 1 aromatic carbocycles. The molecule has 144 valence electrons. The third-order valence-electron chi connectivity index (χ3n) is 4.94. The molecule has 3 rings (SSSR count). The van der Waals surface area contributed by atoms with Gasteiger partial charge in [-0.1, -0.05) is 26.0 Å². The molecule has 1 aliphatic heterocycles. The number of nitrogens with zero attached hydrogens (tertiary/aromatic N) is 2. The summed E-state index contributed by atoms with van der Waals surface area (Å²) in [6.45, 7) is 4.30. The molecule has 6 nitrogen and oxygen atoms in total. The van der Waals surface area contributed by atoms with Crippen LogP contribution in [0.1, 0.15) is 42.1 Å². The zero-order valence-electron chi connectivity index (χ0n) is 15.8. The first-order valence-corrected chi connectivity index (χ1v) is 10.9. The Morgan fingerprint density at radius 2 is 1.89 bits per heavy atom. The van der Waals surface area contributed by atoms with Crippen molar-refractivity contribution in [3.05, 3.63) is 53.7 Å². The van der Waals surface area contributed by atoms with Crippen molar-refractivity contribution in [2.24, 2.45) is 0 Å². The van der Waals surface area contributed by atoms with Crippen LogP contribution in [0.15, 0.2) is 42.6 Å². The van der Waals surface area contributed by atoms with E-state index in [-0.39, 0.29) is 23.5 Å². The Morgan fingerprint density at radius 3 is 2.41 bits per heavy atom. The molecule has 0 spiro atoms. The second kappa shape index (κ2) is 7.68. The molecule has 27 heavy (non-hydrogen) atoms. The lowest BCUT2D eigenvalue weighted by atomic mass is 10.0. The average Bonchev–Trinajstić information content (AvgIpc) is 3.01. The first-order valence-electron chi connectivity index (χ1n) is 9.06. The summed E-state index contributed by atoms with van der Waals surface area (Å²) in [6.07, 6.45) is 2.01. The average molecular weight is 388 g/mol. The van der Waals surface area contributed by atoms with Crippen molar-refractivity contribution < 1.29 is 13.2 Å². The Balaban J connectivity index is 1.65. The maximum Gasteiger partial charge on any atom is 0.255 e. The summed E-state index contributed by atoms with van der Waals surface area (Å²) in [6, 6.07) is 11.4. The number of amides is 1. The highest BCUT2D eigenvalue weighted by Gasteiger charge is 2.33. The van der Waals surface area contributed by atoms with Crippen LogP contribution in [0.5, 0.6) is 0 Å². The zero-order valence-corrected chi connectivity index (χ0v) is 16.7. The van der Waals surface area contributed by atoms with Gasteiger partial charge in [-0.15, -0.1) is 0 Å². The van der Waals surface area contributed by atoms with E-state index in [0.29, 0.717) is 23.7 Å². The van der Waals surface area contributed by atoms with Crippen molar-refractivity contribution in [3.8, 4) is 0 Å². The molecule has 0 aliphatic carbocycles. The van der Waals surface area contributed by atoms with Crippen LogP contribution in [0, 0.1) is 0 Å². The van der Waals surface area contributed by atoms with Gasteiger partial charge in [-0.05, 0) is 42.2 Å². The van der Waals surface area contributed by atoms with Gasteiger partial charge in [0.2, 0.25) is 0 Å². The normalized spacial score (nSPS) is 18.4. The molecule has 1 aliphatic rings. The highest BCUT2D eigenvalue weighted by molar-refractivity contribution is 7.91. The van der Waals surface area contributed by atoms with Crippen LogP contribution in [0.2, 0.25) is 0 Å². The van der Waals surface area contributed by atoms with Gasteiger partial charge in [-0.2, -0.15) is 0 Å². The van der Waals surface area contributed by atoms with Crippen molar-refractivity contribution in [2.45, 2.75) is 32.2 Å². The first kappa shape index (κ1) is 19.4. The molecule has 1 aromatic heterocycles. The molecule has 1 atom stereocenters. The van der Waals surface area contributed by atoms with Gasteiger partial charge in [-0.3, -0.25) is 4.79 Å². The fourth-order valence-electron chi connectivity index (χ4n) is 3.14. The van der Waals surface area contributed by atoms with Gasteiger partial charge in [0.1, 0.15) is 5.82 Å². The SMILES string of the molecule is CC(C)c1ccc(Nc2ccc(C(=O)N(C)C3CCS(=O)(=O)C3)cn2)cc1. The molecule has 2 aromatic rings. The van der Waals surface area contributed by atoms with Crippen molar-refractivity contribution >= 4 is 27.2 Å². The number of aromatic nitrogens is 1. The van der Waals surface area contributed by atoms with Crippen LogP contribution in [-0.4, -0.2) is 48.8 Å². The highest BCUT2D eigenvalue weighted by Crippen LogP contribution is 2.21. The number of hydrogen-bond acceptors (Lipinski definition) is 5. The zero-order chi connectivity index (χ0) is 19.6. The molecule has 2 heterocycles. The molecule has 0 bridgehead atoms. The highest BCUT2D eigenvalue weighted by atomic mass is 32.2. The van der Waals surface area contributed by atoms with Crippen LogP contribution >= 0.6 is 0 Å². The molecule has 0 radical (unpaired) electrons. The van der Waals surface area contributed by atoms with Crippen LogP contribution < -0.4 is 5.32 Å².